The number of nitrogens with two attached hydrogens (primary N) is 1. The zero-order chi connectivity index (χ0) is 23.1. The van der Waals surface area contributed by atoms with Crippen molar-refractivity contribution in [2.75, 3.05) is 5.73 Å². The predicted octanol–water partition coefficient (Wildman–Crippen LogP) is 2.22. The number of benzene rings is 1. The van der Waals surface area contributed by atoms with E-state index >= 15 is 0 Å². The van der Waals surface area contributed by atoms with Crippen LogP contribution in [0.15, 0.2) is 70.5 Å². The number of aromatic nitrogens is 6. The van der Waals surface area contributed by atoms with E-state index in [1.165, 1.54) is 48.7 Å². The monoisotopic (exact) mass is 447 g/mol. The smallest absolute Gasteiger partial charge is 0.353 e. The van der Waals surface area contributed by atoms with E-state index in [1.54, 1.807) is 6.07 Å². The summed E-state index contributed by atoms with van der Waals surface area (Å²) in [5.74, 6) is -1.05. The van der Waals surface area contributed by atoms with Crippen molar-refractivity contribution in [3.8, 4) is 22.4 Å². The number of anilines is 1. The molecule has 0 radical (unpaired) electrons. The van der Waals surface area contributed by atoms with Crippen LogP contribution in [0.4, 0.5) is 14.7 Å². The molecule has 0 unspecified atom stereocenters. The van der Waals surface area contributed by atoms with Gasteiger partial charge in [0.05, 0.1) is 29.7 Å². The summed E-state index contributed by atoms with van der Waals surface area (Å²) in [5.41, 5.74) is 7.65. The molecular formula is C22H15F2N7O2. The summed E-state index contributed by atoms with van der Waals surface area (Å²) < 4.78 is 29.0. The Hall–Kier alpha value is -4.67. The fraction of sp³-hybridized carbons (Fsp3) is 0.0455. The van der Waals surface area contributed by atoms with E-state index in [-0.39, 0.29) is 23.7 Å². The Balaban J connectivity index is 1.78. The summed E-state index contributed by atoms with van der Waals surface area (Å²) in [5, 5.41) is 4.44. The van der Waals surface area contributed by atoms with Crippen LogP contribution < -0.4 is 17.0 Å². The third kappa shape index (κ3) is 3.65. The van der Waals surface area contributed by atoms with E-state index in [1.807, 2.05) is 0 Å². The van der Waals surface area contributed by atoms with Crippen LogP contribution >= 0.6 is 0 Å². The van der Waals surface area contributed by atoms with E-state index in [0.717, 1.165) is 15.3 Å². The highest BCUT2D eigenvalue weighted by atomic mass is 19.1. The molecule has 33 heavy (non-hydrogen) atoms. The molecular weight excluding hydrogens is 432 g/mol. The number of aromatic amines is 1. The van der Waals surface area contributed by atoms with Crippen LogP contribution in [-0.4, -0.2) is 29.1 Å². The lowest BCUT2D eigenvalue weighted by Crippen LogP contribution is -2.24. The highest BCUT2D eigenvalue weighted by Gasteiger charge is 2.22. The number of nitrogen functional groups attached to an aromatic ring is 1. The normalized spacial score (nSPS) is 11.2. The number of nitrogens with one attached hydrogen (secondary N) is 1. The molecule has 0 saturated carbocycles. The van der Waals surface area contributed by atoms with Crippen molar-refractivity contribution >= 4 is 11.6 Å². The van der Waals surface area contributed by atoms with Crippen molar-refractivity contribution in [2.24, 2.45) is 0 Å². The number of pyridine rings is 2. The van der Waals surface area contributed by atoms with Crippen LogP contribution in [0.5, 0.6) is 0 Å². The number of fused-ring (bicyclic) bond motifs is 1. The molecule has 0 bridgehead atoms. The van der Waals surface area contributed by atoms with Crippen LogP contribution in [-0.2, 0) is 6.54 Å². The van der Waals surface area contributed by atoms with Crippen LogP contribution in [0.2, 0.25) is 0 Å². The number of hydrogen-bond acceptors (Lipinski definition) is 6. The number of hydrogen-bond donors (Lipinski definition) is 2. The molecule has 11 heteroatoms. The molecule has 3 N–H and O–H groups in total. The van der Waals surface area contributed by atoms with Crippen molar-refractivity contribution in [2.45, 2.75) is 6.54 Å². The van der Waals surface area contributed by atoms with Gasteiger partial charge in [-0.05, 0) is 42.5 Å². The average molecular weight is 447 g/mol. The molecule has 0 spiro atoms. The van der Waals surface area contributed by atoms with Gasteiger partial charge in [0.1, 0.15) is 11.6 Å². The molecule has 0 aliphatic rings. The van der Waals surface area contributed by atoms with Gasteiger partial charge in [-0.25, -0.2) is 27.6 Å². The zero-order valence-corrected chi connectivity index (χ0v) is 16.9. The molecule has 4 aromatic heterocycles. The molecule has 0 saturated heterocycles. The Morgan fingerprint density at radius 1 is 0.939 bits per heavy atom. The van der Waals surface area contributed by atoms with Crippen molar-refractivity contribution in [1.29, 1.82) is 0 Å². The molecule has 5 aromatic rings. The maximum atomic E-state index is 13.5. The second-order valence-electron chi connectivity index (χ2n) is 7.21. The standard InChI is InChI=1S/C22H15F2N7O2/c23-14-4-1-12(2-5-14)19-18(13-3-8-17(32)27-9-13)20-29-30(22(33)31(20)21(25)28-19)11-16-7-6-15(24)10-26-16/h1-10H,11H2,(H2,25,28)(H,27,32). The molecule has 5 rings (SSSR count). The fourth-order valence-electron chi connectivity index (χ4n) is 3.51. The van der Waals surface area contributed by atoms with E-state index in [0.29, 0.717) is 28.1 Å². The van der Waals surface area contributed by atoms with Crippen molar-refractivity contribution in [3.05, 3.63) is 99.1 Å². The van der Waals surface area contributed by atoms with Gasteiger partial charge >= 0.3 is 5.69 Å². The Morgan fingerprint density at radius 2 is 1.67 bits per heavy atom. The summed E-state index contributed by atoms with van der Waals surface area (Å²) in [6.45, 7) is -0.0306. The van der Waals surface area contributed by atoms with E-state index in [4.69, 9.17) is 5.73 Å². The molecule has 4 heterocycles. The summed E-state index contributed by atoms with van der Waals surface area (Å²) in [7, 11) is 0. The summed E-state index contributed by atoms with van der Waals surface area (Å²) in [4.78, 5) is 35.6. The summed E-state index contributed by atoms with van der Waals surface area (Å²) >= 11 is 0. The Kier molecular flexibility index (Phi) is 4.78. The molecule has 0 aliphatic carbocycles. The predicted molar refractivity (Wildman–Crippen MR) is 116 cm³/mol. The van der Waals surface area contributed by atoms with Crippen LogP contribution in [0, 0.1) is 11.6 Å². The first kappa shape index (κ1) is 20.2. The molecule has 164 valence electrons. The van der Waals surface area contributed by atoms with Gasteiger partial charge in [0.25, 0.3) is 0 Å². The molecule has 9 nitrogen and oxygen atoms in total. The SMILES string of the molecule is Nc1nc(-c2ccc(F)cc2)c(-c2ccc(=O)[nH]c2)c2nn(Cc3ccc(F)cn3)c(=O)n12. The number of nitrogens with zero attached hydrogens (tertiary/aromatic N) is 5. The minimum atomic E-state index is -0.572. The largest absolute Gasteiger partial charge is 0.369 e. The maximum absolute atomic E-state index is 13.5. The van der Waals surface area contributed by atoms with Crippen LogP contribution in [0.1, 0.15) is 5.69 Å². The second kappa shape index (κ2) is 7.79. The highest BCUT2D eigenvalue weighted by molar-refractivity contribution is 5.90. The van der Waals surface area contributed by atoms with Crippen LogP contribution in [0.3, 0.4) is 0 Å². The second-order valence-corrected chi connectivity index (χ2v) is 7.21. The maximum Gasteiger partial charge on any atom is 0.353 e. The lowest BCUT2D eigenvalue weighted by molar-refractivity contribution is 0.609. The molecule has 0 amide bonds. The van der Waals surface area contributed by atoms with Crippen LogP contribution in [0.25, 0.3) is 28.0 Å². The Morgan fingerprint density at radius 3 is 2.33 bits per heavy atom. The summed E-state index contributed by atoms with van der Waals surface area (Å²) in [6, 6.07) is 11.2. The van der Waals surface area contributed by atoms with Gasteiger partial charge in [-0.15, -0.1) is 5.10 Å². The molecule has 0 aliphatic heterocycles. The lowest BCUT2D eigenvalue weighted by atomic mass is 10.0. The first-order chi connectivity index (χ1) is 15.9. The molecule has 0 atom stereocenters. The minimum absolute atomic E-state index is 0.0306. The van der Waals surface area contributed by atoms with Gasteiger partial charge in [0.2, 0.25) is 11.5 Å². The van der Waals surface area contributed by atoms with Gasteiger partial charge in [-0.1, -0.05) is 0 Å². The minimum Gasteiger partial charge on any atom is -0.369 e. The first-order valence-corrected chi connectivity index (χ1v) is 9.75. The lowest BCUT2D eigenvalue weighted by Gasteiger charge is -2.11. The van der Waals surface area contributed by atoms with Gasteiger partial charge < -0.3 is 10.7 Å². The average Bonchev–Trinajstić information content (AvgIpc) is 3.13. The number of halogens is 2. The Bertz CT molecular complexity index is 1580. The third-order valence-corrected chi connectivity index (χ3v) is 5.05. The first-order valence-electron chi connectivity index (χ1n) is 9.75. The fourth-order valence-corrected chi connectivity index (χ4v) is 3.51. The van der Waals surface area contributed by atoms with Gasteiger partial charge in [0.15, 0.2) is 5.65 Å². The Labute approximate surface area is 183 Å². The van der Waals surface area contributed by atoms with Crippen molar-refractivity contribution in [1.82, 2.24) is 29.1 Å². The number of rotatable bonds is 4. The topological polar surface area (TPSA) is 124 Å². The van der Waals surface area contributed by atoms with Gasteiger partial charge in [-0.2, -0.15) is 0 Å². The molecule has 0 fully saturated rings. The van der Waals surface area contributed by atoms with Crippen molar-refractivity contribution < 1.29 is 8.78 Å². The highest BCUT2D eigenvalue weighted by Crippen LogP contribution is 2.33. The van der Waals surface area contributed by atoms with E-state index in [9.17, 15) is 18.4 Å². The zero-order valence-electron chi connectivity index (χ0n) is 16.9. The number of H-pyrrole nitrogens is 1. The van der Waals surface area contributed by atoms with Gasteiger partial charge in [0, 0.05) is 23.4 Å². The quantitative estimate of drug-likeness (QED) is 0.435. The van der Waals surface area contributed by atoms with E-state index in [2.05, 4.69) is 20.1 Å². The van der Waals surface area contributed by atoms with Gasteiger partial charge in [-0.3, -0.25) is 9.78 Å². The van der Waals surface area contributed by atoms with Crippen molar-refractivity contribution in [3.63, 3.8) is 0 Å². The summed E-state index contributed by atoms with van der Waals surface area (Å²) in [6.07, 6.45) is 2.51. The molecule has 1 aromatic carbocycles. The third-order valence-electron chi connectivity index (χ3n) is 5.05. The van der Waals surface area contributed by atoms with E-state index < -0.39 is 17.3 Å².